The largest absolute Gasteiger partial charge is 0.350 e. The fraction of sp³-hybridized carbons (Fsp3) is 0.316. The summed E-state index contributed by atoms with van der Waals surface area (Å²) in [6, 6.07) is 13.7. The minimum Gasteiger partial charge on any atom is -0.350 e. The van der Waals surface area contributed by atoms with E-state index in [1.165, 1.54) is 18.2 Å². The van der Waals surface area contributed by atoms with Gasteiger partial charge in [-0.3, -0.25) is 9.69 Å². The van der Waals surface area contributed by atoms with Crippen molar-refractivity contribution in [2.24, 2.45) is 5.14 Å². The number of sulfonamides is 1. The van der Waals surface area contributed by atoms with Gasteiger partial charge in [0, 0.05) is 6.54 Å². The molecule has 0 fully saturated rings. The Morgan fingerprint density at radius 3 is 2.33 bits per heavy atom. The van der Waals surface area contributed by atoms with Crippen LogP contribution in [0.25, 0.3) is 0 Å². The molecule has 2 aromatic carbocycles. The summed E-state index contributed by atoms with van der Waals surface area (Å²) in [5, 5.41) is 8.17. The Morgan fingerprint density at radius 2 is 1.78 bits per heavy atom. The lowest BCUT2D eigenvalue weighted by molar-refractivity contribution is 0.0935. The van der Waals surface area contributed by atoms with Crippen molar-refractivity contribution in [3.05, 3.63) is 64.7 Å². The molecule has 0 heterocycles. The average Bonchev–Trinajstić information content (AvgIpc) is 2.65. The second kappa shape index (κ2) is 9.32. The number of primary sulfonamides is 1. The van der Waals surface area contributed by atoms with Crippen molar-refractivity contribution in [3.63, 3.8) is 0 Å². The fourth-order valence-corrected chi connectivity index (χ4v) is 3.68. The van der Waals surface area contributed by atoms with E-state index in [9.17, 15) is 13.2 Å². The molecule has 1 amide bonds. The average molecular weight is 410 g/mol. The lowest BCUT2D eigenvalue weighted by Gasteiger charge is -2.30. The Labute approximate surface area is 165 Å². The van der Waals surface area contributed by atoms with E-state index in [4.69, 9.17) is 16.7 Å². The van der Waals surface area contributed by atoms with Crippen LogP contribution in [0, 0.1) is 0 Å². The molecule has 0 aliphatic carbocycles. The zero-order valence-corrected chi connectivity index (χ0v) is 16.9. The smallest absolute Gasteiger partial charge is 0.252 e. The number of likely N-dealkylation sites (N-methyl/N-ethyl adjacent to an activating group) is 1. The number of nitrogens with zero attached hydrogens (tertiary/aromatic N) is 1. The first-order chi connectivity index (χ1) is 12.8. The maximum Gasteiger partial charge on any atom is 0.252 e. The number of halogens is 1. The van der Waals surface area contributed by atoms with Crippen molar-refractivity contribution in [2.75, 3.05) is 19.6 Å². The number of amides is 1. The molecule has 0 aliphatic rings. The van der Waals surface area contributed by atoms with E-state index in [0.29, 0.717) is 6.54 Å². The summed E-state index contributed by atoms with van der Waals surface area (Å²) >= 11 is 6.08. The molecular weight excluding hydrogens is 386 g/mol. The highest BCUT2D eigenvalue weighted by Gasteiger charge is 2.21. The van der Waals surface area contributed by atoms with Gasteiger partial charge in [0.1, 0.15) is 0 Å². The van der Waals surface area contributed by atoms with Gasteiger partial charge in [0.15, 0.2) is 0 Å². The molecule has 6 nitrogen and oxygen atoms in total. The van der Waals surface area contributed by atoms with Crippen LogP contribution < -0.4 is 10.5 Å². The van der Waals surface area contributed by atoms with Crippen LogP contribution in [0.5, 0.6) is 0 Å². The quantitative estimate of drug-likeness (QED) is 0.701. The maximum atomic E-state index is 12.6. The molecular formula is C19H24ClN3O3S. The van der Waals surface area contributed by atoms with Crippen LogP contribution in [0.15, 0.2) is 53.4 Å². The van der Waals surface area contributed by atoms with E-state index < -0.39 is 15.9 Å². The molecule has 0 spiro atoms. The summed E-state index contributed by atoms with van der Waals surface area (Å²) < 4.78 is 23.1. The minimum atomic E-state index is -3.92. The highest BCUT2D eigenvalue weighted by molar-refractivity contribution is 7.89. The van der Waals surface area contributed by atoms with Gasteiger partial charge in [-0.2, -0.15) is 0 Å². The van der Waals surface area contributed by atoms with Gasteiger partial charge in [0.25, 0.3) is 5.91 Å². The summed E-state index contributed by atoms with van der Waals surface area (Å²) in [4.78, 5) is 14.7. The van der Waals surface area contributed by atoms with Gasteiger partial charge >= 0.3 is 0 Å². The van der Waals surface area contributed by atoms with Gasteiger partial charge in [-0.25, -0.2) is 13.6 Å². The van der Waals surface area contributed by atoms with Gasteiger partial charge in [-0.1, -0.05) is 55.8 Å². The Hall–Kier alpha value is -1.93. The second-order valence-electron chi connectivity index (χ2n) is 6.04. The van der Waals surface area contributed by atoms with E-state index in [1.807, 2.05) is 30.3 Å². The molecule has 1 atom stereocenters. The van der Waals surface area contributed by atoms with E-state index in [-0.39, 0.29) is 21.5 Å². The van der Waals surface area contributed by atoms with Gasteiger partial charge in [-0.05, 0) is 36.9 Å². The lowest BCUT2D eigenvalue weighted by Crippen LogP contribution is -2.38. The summed E-state index contributed by atoms with van der Waals surface area (Å²) in [7, 11) is -3.92. The van der Waals surface area contributed by atoms with E-state index in [0.717, 1.165) is 18.7 Å². The predicted octanol–water partition coefficient (Wildman–Crippen LogP) is 2.80. The van der Waals surface area contributed by atoms with E-state index in [2.05, 4.69) is 24.1 Å². The first-order valence-corrected chi connectivity index (χ1v) is 10.6. The highest BCUT2D eigenvalue weighted by atomic mass is 35.5. The number of hydrogen-bond acceptors (Lipinski definition) is 4. The Morgan fingerprint density at radius 1 is 1.15 bits per heavy atom. The van der Waals surface area contributed by atoms with Crippen molar-refractivity contribution in [2.45, 2.75) is 24.8 Å². The number of nitrogens with one attached hydrogen (secondary N) is 1. The summed E-state index contributed by atoms with van der Waals surface area (Å²) in [5.74, 6) is -0.446. The molecule has 0 radical (unpaired) electrons. The molecule has 2 aromatic rings. The predicted molar refractivity (Wildman–Crippen MR) is 107 cm³/mol. The summed E-state index contributed by atoms with van der Waals surface area (Å²) in [6.07, 6.45) is 0. The monoisotopic (exact) mass is 409 g/mol. The van der Waals surface area contributed by atoms with Crippen LogP contribution in [-0.2, 0) is 10.0 Å². The van der Waals surface area contributed by atoms with Crippen molar-refractivity contribution >= 4 is 27.5 Å². The summed E-state index contributed by atoms with van der Waals surface area (Å²) in [6.45, 7) is 6.14. The SMILES string of the molecule is CCN(CC)C(CNC(=O)c1cc(S(N)(=O)=O)ccc1Cl)c1ccccc1. The molecule has 2 rings (SSSR count). The van der Waals surface area contributed by atoms with Gasteiger partial charge in [-0.15, -0.1) is 0 Å². The van der Waals surface area contributed by atoms with Crippen LogP contribution in [0.4, 0.5) is 0 Å². The molecule has 3 N–H and O–H groups in total. The number of carbonyl (C=O) groups excluding carboxylic acids is 1. The summed E-state index contributed by atoms with van der Waals surface area (Å²) in [5.41, 5.74) is 1.17. The van der Waals surface area contributed by atoms with E-state index in [1.54, 1.807) is 0 Å². The third-order valence-corrected chi connectivity index (χ3v) is 5.65. The third-order valence-electron chi connectivity index (χ3n) is 4.40. The van der Waals surface area contributed by atoms with Crippen molar-refractivity contribution < 1.29 is 13.2 Å². The molecule has 0 aromatic heterocycles. The van der Waals surface area contributed by atoms with Crippen LogP contribution in [0.1, 0.15) is 35.8 Å². The Kier molecular flexibility index (Phi) is 7.38. The van der Waals surface area contributed by atoms with Crippen molar-refractivity contribution in [1.29, 1.82) is 0 Å². The zero-order valence-electron chi connectivity index (χ0n) is 15.4. The topological polar surface area (TPSA) is 92.5 Å². The normalized spacial score (nSPS) is 12.8. The molecule has 0 aliphatic heterocycles. The molecule has 0 bridgehead atoms. The standard InChI is InChI=1S/C19H24ClN3O3S/c1-3-23(4-2)18(14-8-6-5-7-9-14)13-22-19(24)16-12-15(27(21,25)26)10-11-17(16)20/h5-12,18H,3-4,13H2,1-2H3,(H,22,24)(H2,21,25,26). The van der Waals surface area contributed by atoms with Crippen molar-refractivity contribution in [3.8, 4) is 0 Å². The molecule has 1 unspecified atom stereocenters. The second-order valence-corrected chi connectivity index (χ2v) is 8.01. The number of carbonyl (C=O) groups is 1. The number of nitrogens with two attached hydrogens (primary N) is 1. The first-order valence-electron chi connectivity index (χ1n) is 8.67. The first kappa shape index (κ1) is 21.4. The Balaban J connectivity index is 2.23. The van der Waals surface area contributed by atoms with Gasteiger partial charge in [0.05, 0.1) is 21.5 Å². The number of benzene rings is 2. The van der Waals surface area contributed by atoms with Crippen LogP contribution in [-0.4, -0.2) is 38.9 Å². The Bertz CT molecular complexity index is 884. The van der Waals surface area contributed by atoms with Crippen molar-refractivity contribution in [1.82, 2.24) is 10.2 Å². The molecule has 8 heteroatoms. The van der Waals surface area contributed by atoms with Crippen LogP contribution in [0.3, 0.4) is 0 Å². The lowest BCUT2D eigenvalue weighted by atomic mass is 10.0. The number of hydrogen-bond donors (Lipinski definition) is 2. The van der Waals surface area contributed by atoms with Gasteiger partial charge < -0.3 is 5.32 Å². The van der Waals surface area contributed by atoms with Crippen LogP contribution >= 0.6 is 11.6 Å². The van der Waals surface area contributed by atoms with Crippen LogP contribution in [0.2, 0.25) is 5.02 Å². The highest BCUT2D eigenvalue weighted by Crippen LogP contribution is 2.22. The van der Waals surface area contributed by atoms with E-state index >= 15 is 0 Å². The minimum absolute atomic E-state index is 0.00894. The number of rotatable bonds is 8. The fourth-order valence-electron chi connectivity index (χ4n) is 2.94. The molecule has 0 saturated carbocycles. The van der Waals surface area contributed by atoms with Gasteiger partial charge in [0.2, 0.25) is 10.0 Å². The molecule has 27 heavy (non-hydrogen) atoms. The maximum absolute atomic E-state index is 12.6. The zero-order chi connectivity index (χ0) is 20.0. The molecule has 146 valence electrons. The third kappa shape index (κ3) is 5.52. The molecule has 0 saturated heterocycles.